The molecule has 5 heteroatoms. The first kappa shape index (κ1) is 15.1. The second-order valence-electron chi connectivity index (χ2n) is 4.81. The topological polar surface area (TPSA) is 66.4 Å². The minimum absolute atomic E-state index is 0.0266. The fourth-order valence-corrected chi connectivity index (χ4v) is 2.20. The number of carbonyl (C=O) groups is 2. The summed E-state index contributed by atoms with van der Waals surface area (Å²) < 4.78 is 0. The SMILES string of the molecule is Cc1ccc(C)c(C(=O)Nc2cc(Cl)cc(C(=O)O)c2)c1. The molecule has 0 spiro atoms. The second-order valence-corrected chi connectivity index (χ2v) is 5.24. The fraction of sp³-hybridized carbons (Fsp3) is 0.125. The fourth-order valence-electron chi connectivity index (χ4n) is 1.96. The van der Waals surface area contributed by atoms with Crippen molar-refractivity contribution in [2.45, 2.75) is 13.8 Å². The van der Waals surface area contributed by atoms with Gasteiger partial charge >= 0.3 is 5.97 Å². The Morgan fingerprint density at radius 3 is 2.48 bits per heavy atom. The Labute approximate surface area is 127 Å². The van der Waals surface area contributed by atoms with Crippen LogP contribution in [0.25, 0.3) is 0 Å². The molecule has 0 unspecified atom stereocenters. The molecule has 0 bridgehead atoms. The molecule has 108 valence electrons. The highest BCUT2D eigenvalue weighted by Crippen LogP contribution is 2.20. The van der Waals surface area contributed by atoms with Crippen LogP contribution in [0.4, 0.5) is 5.69 Å². The van der Waals surface area contributed by atoms with Crippen LogP contribution in [0, 0.1) is 13.8 Å². The molecule has 1 amide bonds. The molecule has 2 rings (SSSR count). The molecule has 0 atom stereocenters. The maximum Gasteiger partial charge on any atom is 0.335 e. The Bertz CT molecular complexity index is 725. The van der Waals surface area contributed by atoms with E-state index < -0.39 is 5.97 Å². The van der Waals surface area contributed by atoms with Gasteiger partial charge in [-0.15, -0.1) is 0 Å². The number of halogens is 1. The predicted molar refractivity (Wildman–Crippen MR) is 82.3 cm³/mol. The van der Waals surface area contributed by atoms with E-state index in [2.05, 4.69) is 5.32 Å². The summed E-state index contributed by atoms with van der Waals surface area (Å²) in [6.45, 7) is 3.74. The quantitative estimate of drug-likeness (QED) is 0.903. The first-order valence-electron chi connectivity index (χ1n) is 6.29. The highest BCUT2D eigenvalue weighted by Gasteiger charge is 2.12. The number of benzene rings is 2. The average molecular weight is 304 g/mol. The summed E-state index contributed by atoms with van der Waals surface area (Å²) in [4.78, 5) is 23.3. The minimum Gasteiger partial charge on any atom is -0.478 e. The van der Waals surface area contributed by atoms with Gasteiger partial charge in [-0.1, -0.05) is 29.3 Å². The number of carboxylic acids is 1. The van der Waals surface area contributed by atoms with Crippen molar-refractivity contribution in [1.29, 1.82) is 0 Å². The van der Waals surface area contributed by atoms with Gasteiger partial charge in [0.2, 0.25) is 0 Å². The molecule has 0 aliphatic carbocycles. The Kier molecular flexibility index (Phi) is 4.29. The van der Waals surface area contributed by atoms with E-state index in [1.807, 2.05) is 26.0 Å². The van der Waals surface area contributed by atoms with Crippen LogP contribution in [0.2, 0.25) is 5.02 Å². The number of carboxylic acid groups (broad SMARTS) is 1. The molecule has 0 aliphatic heterocycles. The van der Waals surface area contributed by atoms with Gasteiger partial charge in [0.15, 0.2) is 0 Å². The summed E-state index contributed by atoms with van der Waals surface area (Å²) >= 11 is 5.87. The number of hydrogen-bond acceptors (Lipinski definition) is 2. The Hall–Kier alpha value is -2.33. The van der Waals surface area contributed by atoms with Crippen LogP contribution < -0.4 is 5.32 Å². The summed E-state index contributed by atoms with van der Waals surface area (Å²) in [7, 11) is 0. The maximum atomic E-state index is 12.3. The van der Waals surface area contributed by atoms with Gasteiger partial charge in [-0.2, -0.15) is 0 Å². The lowest BCUT2D eigenvalue weighted by molar-refractivity contribution is 0.0696. The molecule has 0 aliphatic rings. The van der Waals surface area contributed by atoms with Gasteiger partial charge in [0.25, 0.3) is 5.91 Å². The zero-order valence-corrected chi connectivity index (χ0v) is 12.4. The third-order valence-electron chi connectivity index (χ3n) is 3.04. The summed E-state index contributed by atoms with van der Waals surface area (Å²) in [5.41, 5.74) is 2.75. The lowest BCUT2D eigenvalue weighted by Gasteiger charge is -2.09. The number of aromatic carboxylic acids is 1. The van der Waals surface area contributed by atoms with Crippen LogP contribution in [0.1, 0.15) is 31.8 Å². The van der Waals surface area contributed by atoms with Crippen LogP contribution in [-0.2, 0) is 0 Å². The highest BCUT2D eigenvalue weighted by atomic mass is 35.5. The largest absolute Gasteiger partial charge is 0.478 e. The van der Waals surface area contributed by atoms with Crippen molar-refractivity contribution in [2.75, 3.05) is 5.32 Å². The monoisotopic (exact) mass is 303 g/mol. The molecule has 0 radical (unpaired) electrons. The van der Waals surface area contributed by atoms with Gasteiger partial charge in [0.05, 0.1) is 5.56 Å². The highest BCUT2D eigenvalue weighted by molar-refractivity contribution is 6.31. The van der Waals surface area contributed by atoms with Gasteiger partial charge in [0.1, 0.15) is 0 Å². The third-order valence-corrected chi connectivity index (χ3v) is 3.26. The van der Waals surface area contributed by atoms with E-state index in [1.165, 1.54) is 18.2 Å². The normalized spacial score (nSPS) is 10.2. The molecule has 0 heterocycles. The third kappa shape index (κ3) is 3.61. The van der Waals surface area contributed by atoms with Crippen molar-refractivity contribution in [1.82, 2.24) is 0 Å². The number of hydrogen-bond donors (Lipinski definition) is 2. The summed E-state index contributed by atoms with van der Waals surface area (Å²) in [6, 6.07) is 9.79. The molecule has 2 aromatic rings. The number of amides is 1. The lowest BCUT2D eigenvalue weighted by Crippen LogP contribution is -2.14. The number of anilines is 1. The zero-order chi connectivity index (χ0) is 15.6. The number of rotatable bonds is 3. The number of nitrogens with one attached hydrogen (secondary N) is 1. The van der Waals surface area contributed by atoms with Crippen molar-refractivity contribution in [3.63, 3.8) is 0 Å². The Morgan fingerprint density at radius 1 is 1.10 bits per heavy atom. The smallest absolute Gasteiger partial charge is 0.335 e. The summed E-state index contributed by atoms with van der Waals surface area (Å²) in [5, 5.41) is 11.9. The van der Waals surface area contributed by atoms with Crippen molar-refractivity contribution >= 4 is 29.2 Å². The molecule has 0 aromatic heterocycles. The van der Waals surface area contributed by atoms with Crippen molar-refractivity contribution in [3.05, 3.63) is 63.7 Å². The van der Waals surface area contributed by atoms with Gasteiger partial charge < -0.3 is 10.4 Å². The maximum absolute atomic E-state index is 12.3. The first-order valence-corrected chi connectivity index (χ1v) is 6.67. The van der Waals surface area contributed by atoms with Crippen molar-refractivity contribution in [2.24, 2.45) is 0 Å². The van der Waals surface area contributed by atoms with Crippen LogP contribution >= 0.6 is 11.6 Å². The molecule has 2 aromatic carbocycles. The van der Waals surface area contributed by atoms with Crippen molar-refractivity contribution in [3.8, 4) is 0 Å². The first-order chi connectivity index (χ1) is 9.86. The Morgan fingerprint density at radius 2 is 1.81 bits per heavy atom. The second kappa shape index (κ2) is 5.97. The van der Waals surface area contributed by atoms with Crippen LogP contribution in [-0.4, -0.2) is 17.0 Å². The minimum atomic E-state index is -1.10. The lowest BCUT2D eigenvalue weighted by atomic mass is 10.0. The molecule has 2 N–H and O–H groups in total. The van der Waals surface area contributed by atoms with Crippen molar-refractivity contribution < 1.29 is 14.7 Å². The van der Waals surface area contributed by atoms with E-state index in [0.29, 0.717) is 11.3 Å². The van der Waals surface area contributed by atoms with Gasteiger partial charge in [-0.25, -0.2) is 4.79 Å². The van der Waals surface area contributed by atoms with Crippen LogP contribution in [0.5, 0.6) is 0 Å². The van der Waals surface area contributed by atoms with E-state index >= 15 is 0 Å². The molecule has 0 fully saturated rings. The molecule has 0 saturated carbocycles. The standard InChI is InChI=1S/C16H14ClNO3/c1-9-3-4-10(2)14(5-9)15(19)18-13-7-11(16(20)21)6-12(17)8-13/h3-8H,1-2H3,(H,18,19)(H,20,21). The molecule has 4 nitrogen and oxygen atoms in total. The molecule has 0 saturated heterocycles. The van der Waals surface area contributed by atoms with Gasteiger partial charge in [0, 0.05) is 16.3 Å². The van der Waals surface area contributed by atoms with Crippen LogP contribution in [0.3, 0.4) is 0 Å². The van der Waals surface area contributed by atoms with E-state index in [9.17, 15) is 9.59 Å². The van der Waals surface area contributed by atoms with Gasteiger partial charge in [-0.3, -0.25) is 4.79 Å². The van der Waals surface area contributed by atoms with Crippen LogP contribution in [0.15, 0.2) is 36.4 Å². The Balaban J connectivity index is 2.31. The van der Waals surface area contributed by atoms with Gasteiger partial charge in [-0.05, 0) is 43.7 Å². The number of aryl methyl sites for hydroxylation is 2. The van der Waals surface area contributed by atoms with E-state index in [4.69, 9.17) is 16.7 Å². The molecule has 21 heavy (non-hydrogen) atoms. The molecular weight excluding hydrogens is 290 g/mol. The predicted octanol–water partition coefficient (Wildman–Crippen LogP) is 3.91. The van der Waals surface area contributed by atoms with E-state index in [0.717, 1.165) is 11.1 Å². The zero-order valence-electron chi connectivity index (χ0n) is 11.6. The number of carbonyl (C=O) groups excluding carboxylic acids is 1. The average Bonchev–Trinajstić information content (AvgIpc) is 2.40. The summed E-state index contributed by atoms with van der Waals surface area (Å²) in [6.07, 6.45) is 0. The van der Waals surface area contributed by atoms with E-state index in [1.54, 1.807) is 6.07 Å². The molecular formula is C16H14ClNO3. The summed E-state index contributed by atoms with van der Waals surface area (Å²) in [5.74, 6) is -1.39. The van der Waals surface area contributed by atoms with E-state index in [-0.39, 0.29) is 16.5 Å².